The molecule has 3 aromatic rings. The molecule has 1 N–H and O–H groups in total. The highest BCUT2D eigenvalue weighted by atomic mass is 19.4. The van der Waals surface area contributed by atoms with Gasteiger partial charge >= 0.3 is 6.36 Å². The van der Waals surface area contributed by atoms with Crippen molar-refractivity contribution in [2.45, 2.75) is 44.5 Å². The van der Waals surface area contributed by atoms with Crippen molar-refractivity contribution in [3.05, 3.63) is 48.4 Å². The number of aromatic nitrogens is 4. The van der Waals surface area contributed by atoms with Gasteiger partial charge in [-0.05, 0) is 43.2 Å². The van der Waals surface area contributed by atoms with E-state index in [1.165, 1.54) is 36.8 Å². The van der Waals surface area contributed by atoms with Crippen molar-refractivity contribution in [2.24, 2.45) is 7.05 Å². The lowest BCUT2D eigenvalue weighted by atomic mass is 9.95. The molecule has 1 saturated carbocycles. The summed E-state index contributed by atoms with van der Waals surface area (Å²) in [5, 5.41) is 7.16. The number of alkyl halides is 3. The second-order valence-electron chi connectivity index (χ2n) is 7.75. The van der Waals surface area contributed by atoms with Gasteiger partial charge in [0.2, 0.25) is 0 Å². The van der Waals surface area contributed by atoms with E-state index in [1.54, 1.807) is 24.1 Å². The fraction of sp³-hybridized carbons (Fsp3) is 0.364. The Balaban J connectivity index is 1.66. The summed E-state index contributed by atoms with van der Waals surface area (Å²) in [4.78, 5) is 21.9. The minimum atomic E-state index is -4.77. The van der Waals surface area contributed by atoms with E-state index in [-0.39, 0.29) is 23.4 Å². The van der Waals surface area contributed by atoms with Crippen LogP contribution in [-0.4, -0.2) is 38.1 Å². The molecular weight excluding hydrogens is 423 g/mol. The monoisotopic (exact) mass is 445 g/mol. The first-order chi connectivity index (χ1) is 15.3. The maximum atomic E-state index is 12.9. The van der Waals surface area contributed by atoms with Crippen molar-refractivity contribution in [2.75, 3.05) is 0 Å². The summed E-state index contributed by atoms with van der Waals surface area (Å²) in [6.07, 6.45) is 3.72. The zero-order valence-corrected chi connectivity index (χ0v) is 17.4. The first-order valence-corrected chi connectivity index (χ1v) is 10.3. The molecule has 0 saturated heterocycles. The van der Waals surface area contributed by atoms with E-state index in [1.807, 2.05) is 0 Å². The topological polar surface area (TPSA) is 81.9 Å². The van der Waals surface area contributed by atoms with E-state index in [0.717, 1.165) is 25.7 Å². The smallest absolute Gasteiger partial charge is 0.406 e. The van der Waals surface area contributed by atoms with Crippen molar-refractivity contribution >= 4 is 5.91 Å². The van der Waals surface area contributed by atoms with Crippen molar-refractivity contribution in [3.63, 3.8) is 0 Å². The molecule has 1 aromatic carbocycles. The normalized spacial score (nSPS) is 14.9. The lowest BCUT2D eigenvalue weighted by molar-refractivity contribution is -0.274. The molecule has 7 nitrogen and oxygen atoms in total. The molecule has 1 aliphatic rings. The molecule has 0 spiro atoms. The van der Waals surface area contributed by atoms with E-state index in [9.17, 15) is 18.0 Å². The molecule has 0 aliphatic heterocycles. The summed E-state index contributed by atoms with van der Waals surface area (Å²) in [7, 11) is 1.75. The minimum Gasteiger partial charge on any atom is -0.406 e. The van der Waals surface area contributed by atoms with Gasteiger partial charge in [0.1, 0.15) is 11.4 Å². The molecular formula is C22H22F3N5O2. The number of amides is 1. The average Bonchev–Trinajstić information content (AvgIpc) is 3.20. The number of carbonyl (C=O) groups is 1. The molecule has 0 bridgehead atoms. The number of nitrogens with zero attached hydrogens (tertiary/aromatic N) is 4. The van der Waals surface area contributed by atoms with Crippen LogP contribution in [0.2, 0.25) is 0 Å². The highest BCUT2D eigenvalue weighted by molar-refractivity contribution is 5.94. The van der Waals surface area contributed by atoms with Gasteiger partial charge in [-0.2, -0.15) is 5.10 Å². The van der Waals surface area contributed by atoms with Crippen LogP contribution in [0.15, 0.2) is 42.7 Å². The zero-order valence-electron chi connectivity index (χ0n) is 17.4. The Hall–Kier alpha value is -3.43. The minimum absolute atomic E-state index is 0.107. The Kier molecular flexibility index (Phi) is 6.11. The van der Waals surface area contributed by atoms with Gasteiger partial charge in [-0.1, -0.05) is 19.3 Å². The standard InChI is InChI=1S/C22H22F3N5O2/c1-30-13-15(12-26-30)20-28-18(14-7-9-17(10-8-14)32-22(23,24)25)11-19(29-20)21(31)27-16-5-3-2-4-6-16/h7-13,16H,2-6H2,1H3,(H,27,31). The fourth-order valence-corrected chi connectivity index (χ4v) is 3.71. The van der Waals surface area contributed by atoms with E-state index in [0.29, 0.717) is 22.6 Å². The fourth-order valence-electron chi connectivity index (χ4n) is 3.71. The van der Waals surface area contributed by atoms with Crippen molar-refractivity contribution in [1.82, 2.24) is 25.1 Å². The van der Waals surface area contributed by atoms with Crippen molar-refractivity contribution < 1.29 is 22.7 Å². The molecule has 32 heavy (non-hydrogen) atoms. The Morgan fingerprint density at radius 2 is 1.81 bits per heavy atom. The molecule has 1 amide bonds. The summed E-state index contributed by atoms with van der Waals surface area (Å²) >= 11 is 0. The van der Waals surface area contributed by atoms with Crippen LogP contribution in [0.5, 0.6) is 5.75 Å². The SMILES string of the molecule is Cn1cc(-c2nc(C(=O)NC3CCCCC3)cc(-c3ccc(OC(F)(F)F)cc3)n2)cn1. The van der Waals surface area contributed by atoms with E-state index >= 15 is 0 Å². The third kappa shape index (κ3) is 5.43. The third-order valence-electron chi connectivity index (χ3n) is 5.25. The van der Waals surface area contributed by atoms with Crippen LogP contribution in [0.4, 0.5) is 13.2 Å². The maximum Gasteiger partial charge on any atom is 0.573 e. The van der Waals surface area contributed by atoms with Crippen LogP contribution < -0.4 is 10.1 Å². The predicted molar refractivity (Wildman–Crippen MR) is 111 cm³/mol. The van der Waals surface area contributed by atoms with Gasteiger partial charge in [-0.15, -0.1) is 13.2 Å². The Morgan fingerprint density at radius 3 is 2.44 bits per heavy atom. The summed E-state index contributed by atoms with van der Waals surface area (Å²) in [6, 6.07) is 6.97. The third-order valence-corrected chi connectivity index (χ3v) is 5.25. The molecule has 4 rings (SSSR count). The largest absolute Gasteiger partial charge is 0.573 e. The number of carbonyl (C=O) groups excluding carboxylic acids is 1. The molecule has 0 radical (unpaired) electrons. The van der Waals surface area contributed by atoms with Gasteiger partial charge in [-0.25, -0.2) is 9.97 Å². The molecule has 1 fully saturated rings. The molecule has 2 aromatic heterocycles. The van der Waals surface area contributed by atoms with Crippen LogP contribution in [0.25, 0.3) is 22.6 Å². The maximum absolute atomic E-state index is 12.9. The number of aryl methyl sites for hydroxylation is 1. The number of halogens is 3. The Labute approximate surface area is 182 Å². The Bertz CT molecular complexity index is 1090. The zero-order chi connectivity index (χ0) is 22.7. The van der Waals surface area contributed by atoms with E-state index in [2.05, 4.69) is 25.1 Å². The van der Waals surface area contributed by atoms with Crippen LogP contribution in [-0.2, 0) is 7.05 Å². The second kappa shape index (κ2) is 8.97. The van der Waals surface area contributed by atoms with E-state index < -0.39 is 6.36 Å². The molecule has 168 valence electrons. The average molecular weight is 445 g/mol. The summed E-state index contributed by atoms with van der Waals surface area (Å²) in [5.74, 6) is -0.333. The van der Waals surface area contributed by atoms with Gasteiger partial charge in [0.15, 0.2) is 5.82 Å². The highest BCUT2D eigenvalue weighted by Gasteiger charge is 2.31. The first-order valence-electron chi connectivity index (χ1n) is 10.3. The second-order valence-corrected chi connectivity index (χ2v) is 7.75. The van der Waals surface area contributed by atoms with Gasteiger partial charge in [0.05, 0.1) is 17.5 Å². The molecule has 0 unspecified atom stereocenters. The number of hydrogen-bond donors (Lipinski definition) is 1. The quantitative estimate of drug-likeness (QED) is 0.625. The highest BCUT2D eigenvalue weighted by Crippen LogP contribution is 2.27. The van der Waals surface area contributed by atoms with Gasteiger partial charge in [0.25, 0.3) is 5.91 Å². The Morgan fingerprint density at radius 1 is 1.09 bits per heavy atom. The lowest BCUT2D eigenvalue weighted by Gasteiger charge is -2.22. The lowest BCUT2D eigenvalue weighted by Crippen LogP contribution is -2.36. The summed E-state index contributed by atoms with van der Waals surface area (Å²) in [5.41, 5.74) is 1.75. The van der Waals surface area contributed by atoms with Crippen LogP contribution in [0.1, 0.15) is 42.6 Å². The first kappa shape index (κ1) is 21.8. The van der Waals surface area contributed by atoms with Crippen LogP contribution in [0.3, 0.4) is 0 Å². The number of rotatable bonds is 5. The van der Waals surface area contributed by atoms with Gasteiger partial charge in [0, 0.05) is 24.8 Å². The van der Waals surface area contributed by atoms with Crippen LogP contribution >= 0.6 is 0 Å². The van der Waals surface area contributed by atoms with Crippen molar-refractivity contribution in [3.8, 4) is 28.4 Å². The number of ether oxygens (including phenoxy) is 1. The molecule has 1 aliphatic carbocycles. The van der Waals surface area contributed by atoms with E-state index in [4.69, 9.17) is 0 Å². The van der Waals surface area contributed by atoms with Crippen LogP contribution in [0, 0.1) is 0 Å². The predicted octanol–water partition coefficient (Wildman–Crippen LogP) is 4.51. The number of hydrogen-bond acceptors (Lipinski definition) is 5. The van der Waals surface area contributed by atoms with Gasteiger partial charge < -0.3 is 10.1 Å². The molecule has 2 heterocycles. The summed E-state index contributed by atoms with van der Waals surface area (Å²) < 4.78 is 42.9. The molecule has 10 heteroatoms. The van der Waals surface area contributed by atoms with Gasteiger partial charge in [-0.3, -0.25) is 9.48 Å². The van der Waals surface area contributed by atoms with Crippen molar-refractivity contribution in [1.29, 1.82) is 0 Å². The summed E-state index contributed by atoms with van der Waals surface area (Å²) in [6.45, 7) is 0. The number of benzene rings is 1. The number of nitrogens with one attached hydrogen (secondary N) is 1. The molecule has 0 atom stereocenters.